The van der Waals surface area contributed by atoms with Gasteiger partial charge in [0.05, 0.1) is 11.3 Å². The molecule has 5 nitrogen and oxygen atoms in total. The molecule has 2 aliphatic rings. The topological polar surface area (TPSA) is 83.6 Å². The number of amides is 1. The number of hydrogen-bond acceptors (Lipinski definition) is 4. The van der Waals surface area contributed by atoms with E-state index < -0.39 is 5.97 Å². The molecule has 0 spiro atoms. The Labute approximate surface area is 91.3 Å². The molecule has 1 saturated heterocycles. The van der Waals surface area contributed by atoms with E-state index in [1.807, 2.05) is 6.92 Å². The van der Waals surface area contributed by atoms with Crippen LogP contribution in [0.5, 0.6) is 0 Å². The van der Waals surface area contributed by atoms with Gasteiger partial charge in [-0.25, -0.2) is 4.79 Å². The lowest BCUT2D eigenvalue weighted by atomic mass is 9.94. The molecule has 0 aliphatic carbocycles. The van der Waals surface area contributed by atoms with Gasteiger partial charge < -0.3 is 10.8 Å². The summed E-state index contributed by atoms with van der Waals surface area (Å²) in [7, 11) is 0. The van der Waals surface area contributed by atoms with Crippen LogP contribution in [0.25, 0.3) is 0 Å². The zero-order chi connectivity index (χ0) is 11.2. The third-order valence-corrected chi connectivity index (χ3v) is 4.17. The van der Waals surface area contributed by atoms with E-state index in [0.29, 0.717) is 4.91 Å². The van der Waals surface area contributed by atoms with Gasteiger partial charge in [-0.3, -0.25) is 9.69 Å². The Hall–Kier alpha value is -1.01. The van der Waals surface area contributed by atoms with E-state index in [1.54, 1.807) is 0 Å². The second-order valence-electron chi connectivity index (χ2n) is 3.51. The minimum absolute atomic E-state index is 0.0350. The first kappa shape index (κ1) is 10.5. The Kier molecular flexibility index (Phi) is 2.47. The highest BCUT2D eigenvalue weighted by Crippen LogP contribution is 2.49. The van der Waals surface area contributed by atoms with Gasteiger partial charge >= 0.3 is 5.97 Å². The molecular formula is C9H12N2O3S. The maximum Gasteiger partial charge on any atom is 0.353 e. The SMILES string of the molecule is CC[C@@H]1C(=O)N2C(C(=O)O)=C(CN)S[C@H]12. The summed E-state index contributed by atoms with van der Waals surface area (Å²) in [4.78, 5) is 24.6. The first-order chi connectivity index (χ1) is 7.11. The van der Waals surface area contributed by atoms with E-state index in [1.165, 1.54) is 16.7 Å². The van der Waals surface area contributed by atoms with Crippen molar-refractivity contribution in [2.45, 2.75) is 18.7 Å². The molecule has 1 amide bonds. The summed E-state index contributed by atoms with van der Waals surface area (Å²) >= 11 is 1.41. The number of fused-ring (bicyclic) bond motifs is 1. The van der Waals surface area contributed by atoms with Gasteiger partial charge in [-0.2, -0.15) is 0 Å². The van der Waals surface area contributed by atoms with Gasteiger partial charge in [0, 0.05) is 11.4 Å². The van der Waals surface area contributed by atoms with Gasteiger partial charge in [0.1, 0.15) is 5.70 Å². The predicted octanol–water partition coefficient (Wildman–Crippen LogP) is 0.183. The van der Waals surface area contributed by atoms with Crippen LogP contribution in [0.15, 0.2) is 10.6 Å². The number of β-lactam (4-membered cyclic amide) rings is 1. The van der Waals surface area contributed by atoms with Crippen LogP contribution in [-0.2, 0) is 9.59 Å². The summed E-state index contributed by atoms with van der Waals surface area (Å²) in [5, 5.41) is 8.96. The molecule has 6 heteroatoms. The molecule has 0 radical (unpaired) electrons. The van der Waals surface area contributed by atoms with E-state index in [0.717, 1.165) is 6.42 Å². The van der Waals surface area contributed by atoms with Gasteiger partial charge in [-0.1, -0.05) is 6.92 Å². The lowest BCUT2D eigenvalue weighted by molar-refractivity contribution is -0.151. The number of carboxylic acids is 1. The van der Waals surface area contributed by atoms with Crippen molar-refractivity contribution in [3.63, 3.8) is 0 Å². The Morgan fingerprint density at radius 3 is 2.80 bits per heavy atom. The third-order valence-electron chi connectivity index (χ3n) is 2.75. The molecule has 2 atom stereocenters. The maximum atomic E-state index is 11.6. The van der Waals surface area contributed by atoms with Crippen molar-refractivity contribution in [3.05, 3.63) is 10.6 Å². The van der Waals surface area contributed by atoms with Crippen molar-refractivity contribution in [2.75, 3.05) is 6.54 Å². The van der Waals surface area contributed by atoms with Crippen LogP contribution in [-0.4, -0.2) is 33.8 Å². The Bertz CT molecular complexity index is 366. The van der Waals surface area contributed by atoms with Gasteiger partial charge in [-0.05, 0) is 6.42 Å². The number of carbonyl (C=O) groups excluding carboxylic acids is 1. The molecule has 3 N–H and O–H groups in total. The number of nitrogens with zero attached hydrogens (tertiary/aromatic N) is 1. The maximum absolute atomic E-state index is 11.6. The van der Waals surface area contributed by atoms with Gasteiger partial charge in [0.2, 0.25) is 5.91 Å². The largest absolute Gasteiger partial charge is 0.477 e. The van der Waals surface area contributed by atoms with Crippen LogP contribution >= 0.6 is 11.8 Å². The first-order valence-electron chi connectivity index (χ1n) is 4.78. The third kappa shape index (κ3) is 1.28. The van der Waals surface area contributed by atoms with E-state index >= 15 is 0 Å². The fourth-order valence-corrected chi connectivity index (χ4v) is 3.45. The van der Waals surface area contributed by atoms with Crippen molar-refractivity contribution in [1.82, 2.24) is 4.90 Å². The number of nitrogens with two attached hydrogens (primary N) is 1. The number of carboxylic acid groups (broad SMARTS) is 1. The van der Waals surface area contributed by atoms with E-state index in [2.05, 4.69) is 0 Å². The second kappa shape index (κ2) is 3.53. The quantitative estimate of drug-likeness (QED) is 0.673. The van der Waals surface area contributed by atoms with Crippen LogP contribution in [0.3, 0.4) is 0 Å². The van der Waals surface area contributed by atoms with Crippen LogP contribution in [0.4, 0.5) is 0 Å². The normalized spacial score (nSPS) is 29.2. The summed E-state index contributed by atoms with van der Waals surface area (Å²) in [6.07, 6.45) is 0.748. The van der Waals surface area contributed by atoms with E-state index in [9.17, 15) is 9.59 Å². The summed E-state index contributed by atoms with van der Waals surface area (Å²) in [6, 6.07) is 0. The smallest absolute Gasteiger partial charge is 0.353 e. The Morgan fingerprint density at radius 2 is 2.33 bits per heavy atom. The molecule has 2 rings (SSSR count). The molecule has 82 valence electrons. The molecule has 1 fully saturated rings. The highest BCUT2D eigenvalue weighted by molar-refractivity contribution is 8.04. The average Bonchev–Trinajstić information content (AvgIpc) is 2.53. The van der Waals surface area contributed by atoms with Crippen LogP contribution in [0, 0.1) is 5.92 Å². The number of carbonyl (C=O) groups is 2. The molecule has 2 heterocycles. The number of thioether (sulfide) groups is 1. The fourth-order valence-electron chi connectivity index (χ4n) is 1.98. The van der Waals surface area contributed by atoms with Crippen molar-refractivity contribution in [2.24, 2.45) is 11.7 Å². The van der Waals surface area contributed by atoms with Crippen LogP contribution < -0.4 is 5.73 Å². The molecular weight excluding hydrogens is 216 g/mol. The zero-order valence-electron chi connectivity index (χ0n) is 8.27. The molecule has 0 unspecified atom stereocenters. The lowest BCUT2D eigenvalue weighted by Gasteiger charge is -2.41. The number of aliphatic carboxylic acids is 1. The molecule has 0 bridgehead atoms. The summed E-state index contributed by atoms with van der Waals surface area (Å²) in [6.45, 7) is 2.12. The molecule has 0 aromatic heterocycles. The molecule has 0 aromatic rings. The Morgan fingerprint density at radius 1 is 1.67 bits per heavy atom. The molecule has 2 aliphatic heterocycles. The summed E-state index contributed by atoms with van der Waals surface area (Å²) in [5.74, 6) is -1.20. The van der Waals surface area contributed by atoms with Gasteiger partial charge in [0.15, 0.2) is 0 Å². The number of hydrogen-bond donors (Lipinski definition) is 2. The fraction of sp³-hybridized carbons (Fsp3) is 0.556. The molecule has 15 heavy (non-hydrogen) atoms. The molecule has 0 saturated carbocycles. The van der Waals surface area contributed by atoms with E-state index in [-0.39, 0.29) is 29.4 Å². The second-order valence-corrected chi connectivity index (χ2v) is 4.72. The van der Waals surface area contributed by atoms with Crippen molar-refractivity contribution in [3.8, 4) is 0 Å². The standard InChI is InChI=1S/C9H12N2O3S/c1-2-4-7(12)11-6(9(13)14)5(3-10)15-8(4)11/h4,8H,2-3,10H2,1H3,(H,13,14)/t4-,8-/m1/s1. The van der Waals surface area contributed by atoms with Gasteiger partial charge in [-0.15, -0.1) is 11.8 Å². The summed E-state index contributed by atoms with van der Waals surface area (Å²) in [5.41, 5.74) is 5.55. The minimum atomic E-state index is -1.06. The van der Waals surface area contributed by atoms with E-state index in [4.69, 9.17) is 10.8 Å². The zero-order valence-corrected chi connectivity index (χ0v) is 9.08. The van der Waals surface area contributed by atoms with Crippen LogP contribution in [0.2, 0.25) is 0 Å². The lowest BCUT2D eigenvalue weighted by Crippen LogP contribution is -2.56. The minimum Gasteiger partial charge on any atom is -0.477 e. The molecule has 0 aromatic carbocycles. The van der Waals surface area contributed by atoms with Crippen LogP contribution in [0.1, 0.15) is 13.3 Å². The number of rotatable bonds is 3. The summed E-state index contributed by atoms with van der Waals surface area (Å²) < 4.78 is 0. The Balaban J connectivity index is 2.29. The predicted molar refractivity (Wildman–Crippen MR) is 55.7 cm³/mol. The first-order valence-corrected chi connectivity index (χ1v) is 5.66. The highest BCUT2D eigenvalue weighted by Gasteiger charge is 2.54. The monoisotopic (exact) mass is 228 g/mol. The highest BCUT2D eigenvalue weighted by atomic mass is 32.2. The average molecular weight is 228 g/mol. The van der Waals surface area contributed by atoms with Crippen molar-refractivity contribution < 1.29 is 14.7 Å². The van der Waals surface area contributed by atoms with Crippen molar-refractivity contribution >= 4 is 23.6 Å². The van der Waals surface area contributed by atoms with Crippen molar-refractivity contribution in [1.29, 1.82) is 0 Å². The van der Waals surface area contributed by atoms with Gasteiger partial charge in [0.25, 0.3) is 0 Å².